The molecule has 1 aromatic heterocycles. The Morgan fingerprint density at radius 3 is 2.94 bits per heavy atom. The van der Waals surface area contributed by atoms with Crippen molar-refractivity contribution in [2.24, 2.45) is 29.1 Å². The first-order valence-corrected chi connectivity index (χ1v) is 12.3. The molecule has 2 aliphatic carbocycles. The summed E-state index contributed by atoms with van der Waals surface area (Å²) in [4.78, 5) is 27.8. The van der Waals surface area contributed by atoms with E-state index in [9.17, 15) is 9.59 Å². The highest BCUT2D eigenvalue weighted by Crippen LogP contribution is 2.54. The molecule has 0 spiro atoms. The van der Waals surface area contributed by atoms with Crippen molar-refractivity contribution in [2.45, 2.75) is 64.5 Å². The molecule has 4 heterocycles. The first-order valence-electron chi connectivity index (χ1n) is 12.3. The zero-order valence-corrected chi connectivity index (χ0v) is 18.8. The molecule has 0 radical (unpaired) electrons. The van der Waals surface area contributed by atoms with Gasteiger partial charge in [-0.05, 0) is 49.0 Å². The van der Waals surface area contributed by atoms with Crippen LogP contribution in [0.4, 0.5) is 0 Å². The Morgan fingerprint density at radius 2 is 2.06 bits per heavy atom. The standard InChI is InChI=1S/C26H34N2O3/c1-16-5-4-8-26(2)11-23-19(10-21(16)26)20(25(30)31-23)15-27-12-17-9-18(14-27)22-6-3-7-24(29)28(22)13-17/h3,6-7,10,16-20,23H,4-5,8-9,11-15H2,1-2H3/t16-,17+,18-,19+,20?,23+,26+/m0/s1. The molecule has 31 heavy (non-hydrogen) atoms. The van der Waals surface area contributed by atoms with Gasteiger partial charge in [0.15, 0.2) is 0 Å². The van der Waals surface area contributed by atoms with Crippen LogP contribution in [0.2, 0.25) is 0 Å². The number of hydrogen-bond donors (Lipinski definition) is 0. The highest BCUT2D eigenvalue weighted by atomic mass is 16.6. The van der Waals surface area contributed by atoms with E-state index in [1.807, 2.05) is 10.6 Å². The molecule has 5 aliphatic rings. The third-order valence-corrected chi connectivity index (χ3v) is 9.09. The van der Waals surface area contributed by atoms with Crippen molar-refractivity contribution < 1.29 is 9.53 Å². The van der Waals surface area contributed by atoms with E-state index in [4.69, 9.17) is 4.74 Å². The summed E-state index contributed by atoms with van der Waals surface area (Å²) in [7, 11) is 0. The zero-order valence-electron chi connectivity index (χ0n) is 18.8. The number of hydrogen-bond acceptors (Lipinski definition) is 4. The van der Waals surface area contributed by atoms with Crippen LogP contribution in [-0.4, -0.2) is 41.2 Å². The summed E-state index contributed by atoms with van der Waals surface area (Å²) in [6.45, 7) is 8.26. The van der Waals surface area contributed by atoms with Gasteiger partial charge in [-0.25, -0.2) is 0 Å². The van der Waals surface area contributed by atoms with Crippen molar-refractivity contribution in [3.8, 4) is 0 Å². The minimum atomic E-state index is -0.0482. The van der Waals surface area contributed by atoms with Gasteiger partial charge in [-0.3, -0.25) is 9.59 Å². The number of pyridine rings is 1. The Labute approximate surface area is 184 Å². The molecule has 0 aromatic carbocycles. The van der Waals surface area contributed by atoms with Crippen molar-refractivity contribution in [3.63, 3.8) is 0 Å². The lowest BCUT2D eigenvalue weighted by atomic mass is 9.59. The second kappa shape index (κ2) is 7.06. The summed E-state index contributed by atoms with van der Waals surface area (Å²) >= 11 is 0. The number of ether oxygens (including phenoxy) is 1. The lowest BCUT2D eigenvalue weighted by Gasteiger charge is -2.46. The van der Waals surface area contributed by atoms with E-state index >= 15 is 0 Å². The monoisotopic (exact) mass is 422 g/mol. The zero-order chi connectivity index (χ0) is 21.3. The van der Waals surface area contributed by atoms with Crippen LogP contribution in [0.25, 0.3) is 0 Å². The molecular weight excluding hydrogens is 388 g/mol. The number of nitrogens with zero attached hydrogens (tertiary/aromatic N) is 2. The van der Waals surface area contributed by atoms with E-state index in [-0.39, 0.29) is 34.9 Å². The SMILES string of the molecule is C[C@H]1CCC[C@]2(C)C[C@H]3OC(=O)C(CN4C[C@H]5C[C@@H](C4)c4cccc(=O)n4C5)[C@H]3C=C12. The molecule has 1 saturated carbocycles. The van der Waals surface area contributed by atoms with E-state index in [0.29, 0.717) is 17.8 Å². The largest absolute Gasteiger partial charge is 0.461 e. The number of fused-ring (bicyclic) bond motifs is 6. The van der Waals surface area contributed by atoms with Crippen molar-refractivity contribution in [3.05, 3.63) is 45.9 Å². The Hall–Kier alpha value is -1.88. The summed E-state index contributed by atoms with van der Waals surface area (Å²) in [6, 6.07) is 5.68. The van der Waals surface area contributed by atoms with Gasteiger partial charge in [0.25, 0.3) is 5.56 Å². The maximum absolute atomic E-state index is 13.0. The van der Waals surface area contributed by atoms with Crippen LogP contribution < -0.4 is 5.56 Å². The summed E-state index contributed by atoms with van der Waals surface area (Å²) < 4.78 is 7.96. The van der Waals surface area contributed by atoms with Crippen molar-refractivity contribution in [2.75, 3.05) is 19.6 Å². The highest BCUT2D eigenvalue weighted by molar-refractivity contribution is 5.76. The average Bonchev–Trinajstić information content (AvgIpc) is 3.01. The van der Waals surface area contributed by atoms with Gasteiger partial charge in [0.05, 0.1) is 5.92 Å². The molecule has 1 aromatic rings. The fourth-order valence-electron chi connectivity index (χ4n) is 7.68. The number of likely N-dealkylation sites (tertiary alicyclic amines) is 1. The Morgan fingerprint density at radius 1 is 1.19 bits per heavy atom. The van der Waals surface area contributed by atoms with Gasteiger partial charge in [0, 0.05) is 49.8 Å². The van der Waals surface area contributed by atoms with Crippen molar-refractivity contribution in [1.82, 2.24) is 9.47 Å². The molecule has 2 saturated heterocycles. The molecule has 7 atom stereocenters. The molecular formula is C26H34N2O3. The minimum Gasteiger partial charge on any atom is -0.461 e. The number of carbonyl (C=O) groups is 1. The molecule has 1 unspecified atom stereocenters. The van der Waals surface area contributed by atoms with Crippen LogP contribution in [-0.2, 0) is 16.1 Å². The van der Waals surface area contributed by atoms with Crippen molar-refractivity contribution >= 4 is 5.97 Å². The summed E-state index contributed by atoms with van der Waals surface area (Å²) in [5.74, 6) is 1.70. The Balaban J connectivity index is 1.24. The molecule has 2 bridgehead atoms. The van der Waals surface area contributed by atoms with E-state index < -0.39 is 0 Å². The number of aromatic nitrogens is 1. The van der Waals surface area contributed by atoms with Gasteiger partial charge in [-0.2, -0.15) is 0 Å². The molecule has 166 valence electrons. The normalized spacial score (nSPS) is 41.6. The second-order valence-electron chi connectivity index (χ2n) is 11.3. The van der Waals surface area contributed by atoms with E-state index in [2.05, 4.69) is 30.9 Å². The van der Waals surface area contributed by atoms with Crippen LogP contribution in [0.1, 0.15) is 57.6 Å². The predicted molar refractivity (Wildman–Crippen MR) is 119 cm³/mol. The number of carbonyl (C=O) groups excluding carboxylic acids is 1. The lowest BCUT2D eigenvalue weighted by molar-refractivity contribution is -0.145. The van der Waals surface area contributed by atoms with Crippen LogP contribution in [0.15, 0.2) is 34.6 Å². The van der Waals surface area contributed by atoms with Gasteiger partial charge >= 0.3 is 5.97 Å². The molecule has 5 nitrogen and oxygen atoms in total. The molecule has 0 amide bonds. The molecule has 3 fully saturated rings. The van der Waals surface area contributed by atoms with Crippen molar-refractivity contribution in [1.29, 1.82) is 0 Å². The van der Waals surface area contributed by atoms with Crippen LogP contribution >= 0.6 is 0 Å². The maximum Gasteiger partial charge on any atom is 0.311 e. The van der Waals surface area contributed by atoms with Gasteiger partial charge in [0.1, 0.15) is 6.10 Å². The number of allylic oxidation sites excluding steroid dienone is 1. The maximum atomic E-state index is 13.0. The molecule has 6 rings (SSSR count). The van der Waals surface area contributed by atoms with Crippen LogP contribution in [0.5, 0.6) is 0 Å². The van der Waals surface area contributed by atoms with E-state index in [1.165, 1.54) is 25.0 Å². The fourth-order valence-corrected chi connectivity index (χ4v) is 7.68. The quantitative estimate of drug-likeness (QED) is 0.540. The Bertz CT molecular complexity index is 997. The van der Waals surface area contributed by atoms with E-state index in [1.54, 1.807) is 11.6 Å². The molecule has 0 N–H and O–H groups in total. The first-order chi connectivity index (χ1) is 14.9. The third-order valence-electron chi connectivity index (χ3n) is 9.09. The third kappa shape index (κ3) is 3.14. The smallest absolute Gasteiger partial charge is 0.311 e. The van der Waals surface area contributed by atoms with Gasteiger partial charge in [0.2, 0.25) is 0 Å². The topological polar surface area (TPSA) is 51.5 Å². The molecule has 5 heteroatoms. The Kier molecular flexibility index (Phi) is 4.51. The molecule has 3 aliphatic heterocycles. The van der Waals surface area contributed by atoms with Gasteiger partial charge in [-0.1, -0.05) is 38.0 Å². The van der Waals surface area contributed by atoms with Crippen LogP contribution in [0, 0.1) is 29.1 Å². The van der Waals surface area contributed by atoms with Gasteiger partial charge in [-0.15, -0.1) is 0 Å². The first kappa shape index (κ1) is 19.8. The predicted octanol–water partition coefficient (Wildman–Crippen LogP) is 3.58. The summed E-state index contributed by atoms with van der Waals surface area (Å²) in [5.41, 5.74) is 3.10. The number of rotatable bonds is 2. The number of esters is 1. The van der Waals surface area contributed by atoms with Crippen LogP contribution in [0.3, 0.4) is 0 Å². The average molecular weight is 423 g/mol. The highest BCUT2D eigenvalue weighted by Gasteiger charge is 2.52. The lowest BCUT2D eigenvalue weighted by Crippen LogP contribution is -2.49. The summed E-state index contributed by atoms with van der Waals surface area (Å²) in [5, 5.41) is 0. The fraction of sp³-hybridized carbons (Fsp3) is 0.692. The minimum absolute atomic E-state index is 0.00843. The van der Waals surface area contributed by atoms with Gasteiger partial charge < -0.3 is 14.2 Å². The second-order valence-corrected chi connectivity index (χ2v) is 11.3. The van der Waals surface area contributed by atoms with E-state index in [0.717, 1.165) is 39.0 Å². The number of piperidine rings is 1. The summed E-state index contributed by atoms with van der Waals surface area (Å²) in [6.07, 6.45) is 8.45.